The van der Waals surface area contributed by atoms with E-state index >= 15 is 0 Å². The first-order chi connectivity index (χ1) is 8.80. The van der Waals surface area contributed by atoms with Gasteiger partial charge >= 0.3 is 0 Å². The lowest BCUT2D eigenvalue weighted by atomic mass is 10.4. The second-order valence-electron chi connectivity index (χ2n) is 3.74. The molecule has 0 saturated carbocycles. The topological polar surface area (TPSA) is 62.1 Å². The molecule has 0 atom stereocenters. The van der Waals surface area contributed by atoms with Crippen LogP contribution in [0.25, 0.3) is 10.3 Å². The van der Waals surface area contributed by atoms with E-state index in [9.17, 15) is 0 Å². The Morgan fingerprint density at radius 2 is 2.22 bits per heavy atom. The minimum Gasteiger partial charge on any atom is -0.395 e. The number of rotatable bonds is 6. The molecule has 0 spiro atoms. The van der Waals surface area contributed by atoms with Crippen molar-refractivity contribution in [2.24, 2.45) is 0 Å². The molecular formula is C11H16N4OS2. The number of fused-ring (bicyclic) bond motifs is 1. The zero-order chi connectivity index (χ0) is 13.0. The van der Waals surface area contributed by atoms with Gasteiger partial charge in [-0.05, 0) is 12.7 Å². The van der Waals surface area contributed by atoms with E-state index in [1.165, 1.54) is 0 Å². The first-order valence-corrected chi connectivity index (χ1v) is 7.85. The summed E-state index contributed by atoms with van der Waals surface area (Å²) in [4.78, 5) is 15.1. The van der Waals surface area contributed by atoms with Crippen molar-refractivity contribution in [3.05, 3.63) is 6.33 Å². The SMILES string of the molecule is CCCN(CCO)c1ncnc2nc(SC)sc12. The molecule has 0 amide bonds. The van der Waals surface area contributed by atoms with E-state index in [-0.39, 0.29) is 6.61 Å². The Bertz CT molecular complexity index is 511. The van der Waals surface area contributed by atoms with E-state index in [1.807, 2.05) is 6.26 Å². The lowest BCUT2D eigenvalue weighted by Gasteiger charge is -2.21. The number of nitrogens with zero attached hydrogens (tertiary/aromatic N) is 4. The molecule has 2 heterocycles. The minimum atomic E-state index is 0.125. The van der Waals surface area contributed by atoms with Crippen LogP contribution in [0, 0.1) is 0 Å². The third-order valence-electron chi connectivity index (χ3n) is 2.49. The van der Waals surface area contributed by atoms with Crippen LogP contribution in [0.4, 0.5) is 5.82 Å². The number of aromatic nitrogens is 3. The molecule has 2 aromatic rings. The van der Waals surface area contributed by atoms with Crippen molar-refractivity contribution in [2.45, 2.75) is 17.7 Å². The molecule has 0 aliphatic carbocycles. The van der Waals surface area contributed by atoms with Crippen molar-refractivity contribution in [3.63, 3.8) is 0 Å². The fourth-order valence-corrected chi connectivity index (χ4v) is 3.28. The number of thioether (sulfide) groups is 1. The van der Waals surface area contributed by atoms with Gasteiger partial charge < -0.3 is 10.0 Å². The Labute approximate surface area is 114 Å². The Balaban J connectivity index is 2.43. The van der Waals surface area contributed by atoms with Crippen LogP contribution in [0.5, 0.6) is 0 Å². The van der Waals surface area contributed by atoms with Gasteiger partial charge in [0.15, 0.2) is 15.8 Å². The molecule has 0 fully saturated rings. The lowest BCUT2D eigenvalue weighted by Crippen LogP contribution is -2.28. The second-order valence-corrected chi connectivity index (χ2v) is 5.80. The summed E-state index contributed by atoms with van der Waals surface area (Å²) in [6.07, 6.45) is 4.56. The van der Waals surface area contributed by atoms with Crippen molar-refractivity contribution < 1.29 is 5.11 Å². The number of aliphatic hydroxyl groups is 1. The molecule has 5 nitrogen and oxygen atoms in total. The molecule has 2 aromatic heterocycles. The number of aliphatic hydroxyl groups excluding tert-OH is 1. The lowest BCUT2D eigenvalue weighted by molar-refractivity contribution is 0.301. The maximum atomic E-state index is 9.15. The van der Waals surface area contributed by atoms with Crippen molar-refractivity contribution in [2.75, 3.05) is 30.9 Å². The van der Waals surface area contributed by atoms with E-state index in [0.29, 0.717) is 6.54 Å². The Hall–Kier alpha value is -0.920. The summed E-state index contributed by atoms with van der Waals surface area (Å²) < 4.78 is 2.00. The van der Waals surface area contributed by atoms with E-state index in [0.717, 1.165) is 33.5 Å². The van der Waals surface area contributed by atoms with Gasteiger partial charge in [0.1, 0.15) is 11.0 Å². The zero-order valence-corrected chi connectivity index (χ0v) is 12.1. The molecule has 0 aromatic carbocycles. The summed E-state index contributed by atoms with van der Waals surface area (Å²) in [5, 5.41) is 9.15. The summed E-state index contributed by atoms with van der Waals surface area (Å²) in [6.45, 7) is 3.70. The van der Waals surface area contributed by atoms with Crippen molar-refractivity contribution in [3.8, 4) is 0 Å². The van der Waals surface area contributed by atoms with E-state index in [1.54, 1.807) is 29.4 Å². The van der Waals surface area contributed by atoms with Crippen LogP contribution in [0.2, 0.25) is 0 Å². The molecule has 0 bridgehead atoms. The highest BCUT2D eigenvalue weighted by atomic mass is 32.2. The van der Waals surface area contributed by atoms with Gasteiger partial charge in [-0.2, -0.15) is 0 Å². The number of thiazole rings is 1. The average Bonchev–Trinajstić information content (AvgIpc) is 2.81. The highest BCUT2D eigenvalue weighted by Gasteiger charge is 2.15. The van der Waals surface area contributed by atoms with E-state index in [2.05, 4.69) is 26.8 Å². The third-order valence-corrected chi connectivity index (χ3v) is 4.52. The summed E-state index contributed by atoms with van der Waals surface area (Å²) in [6, 6.07) is 0. The highest BCUT2D eigenvalue weighted by molar-refractivity contribution is 8.00. The number of hydrogen-bond acceptors (Lipinski definition) is 7. The largest absolute Gasteiger partial charge is 0.395 e. The van der Waals surface area contributed by atoms with Crippen molar-refractivity contribution >= 4 is 39.3 Å². The molecule has 0 saturated heterocycles. The van der Waals surface area contributed by atoms with Crippen LogP contribution >= 0.6 is 23.1 Å². The standard InChI is InChI=1S/C11H16N4OS2/c1-3-4-15(5-6-16)10-8-9(12-7-13-10)14-11(17-2)18-8/h7,16H,3-6H2,1-2H3. The first kappa shape index (κ1) is 13.5. The summed E-state index contributed by atoms with van der Waals surface area (Å²) in [5.41, 5.74) is 0.744. The number of hydrogen-bond donors (Lipinski definition) is 1. The van der Waals surface area contributed by atoms with Crippen LogP contribution in [-0.2, 0) is 0 Å². The van der Waals surface area contributed by atoms with Gasteiger partial charge in [-0.15, -0.1) is 11.3 Å². The summed E-state index contributed by atoms with van der Waals surface area (Å²) >= 11 is 3.22. The smallest absolute Gasteiger partial charge is 0.176 e. The van der Waals surface area contributed by atoms with Crippen molar-refractivity contribution in [1.82, 2.24) is 15.0 Å². The molecule has 2 rings (SSSR count). The Morgan fingerprint density at radius 3 is 2.89 bits per heavy atom. The normalized spacial score (nSPS) is 11.1. The minimum absolute atomic E-state index is 0.125. The van der Waals surface area contributed by atoms with E-state index < -0.39 is 0 Å². The van der Waals surface area contributed by atoms with Gasteiger partial charge in [0.2, 0.25) is 0 Å². The second kappa shape index (κ2) is 6.31. The quantitative estimate of drug-likeness (QED) is 0.819. The molecule has 0 radical (unpaired) electrons. The van der Waals surface area contributed by atoms with Gasteiger partial charge in [0.05, 0.1) is 6.61 Å². The monoisotopic (exact) mass is 284 g/mol. The molecular weight excluding hydrogens is 268 g/mol. The van der Waals surface area contributed by atoms with Crippen LogP contribution in [-0.4, -0.2) is 46.0 Å². The van der Waals surface area contributed by atoms with Gasteiger partial charge in [-0.1, -0.05) is 18.7 Å². The van der Waals surface area contributed by atoms with Crippen LogP contribution < -0.4 is 4.90 Å². The van der Waals surface area contributed by atoms with Gasteiger partial charge in [0.25, 0.3) is 0 Å². The van der Waals surface area contributed by atoms with Crippen LogP contribution in [0.1, 0.15) is 13.3 Å². The maximum absolute atomic E-state index is 9.15. The molecule has 1 N–H and O–H groups in total. The third kappa shape index (κ3) is 2.73. The fourth-order valence-electron chi connectivity index (χ4n) is 1.75. The molecule has 0 aliphatic heterocycles. The Morgan fingerprint density at radius 1 is 1.39 bits per heavy atom. The molecule has 18 heavy (non-hydrogen) atoms. The zero-order valence-electron chi connectivity index (χ0n) is 10.5. The first-order valence-electron chi connectivity index (χ1n) is 5.81. The predicted octanol–water partition coefficient (Wildman–Crippen LogP) is 2.02. The average molecular weight is 284 g/mol. The van der Waals surface area contributed by atoms with Crippen LogP contribution in [0.15, 0.2) is 10.7 Å². The van der Waals surface area contributed by atoms with Gasteiger partial charge in [-0.3, -0.25) is 0 Å². The molecule has 98 valence electrons. The van der Waals surface area contributed by atoms with Crippen LogP contribution in [0.3, 0.4) is 0 Å². The summed E-state index contributed by atoms with van der Waals surface area (Å²) in [5.74, 6) is 0.883. The molecule has 7 heteroatoms. The highest BCUT2D eigenvalue weighted by Crippen LogP contribution is 2.32. The maximum Gasteiger partial charge on any atom is 0.176 e. The Kier molecular flexibility index (Phi) is 4.73. The predicted molar refractivity (Wildman–Crippen MR) is 76.6 cm³/mol. The van der Waals surface area contributed by atoms with Gasteiger partial charge in [0, 0.05) is 13.1 Å². The fraction of sp³-hybridized carbons (Fsp3) is 0.545. The van der Waals surface area contributed by atoms with E-state index in [4.69, 9.17) is 5.11 Å². The van der Waals surface area contributed by atoms with Crippen molar-refractivity contribution in [1.29, 1.82) is 0 Å². The van der Waals surface area contributed by atoms with Gasteiger partial charge in [-0.25, -0.2) is 15.0 Å². The molecule has 0 unspecified atom stereocenters. The summed E-state index contributed by atoms with van der Waals surface area (Å²) in [7, 11) is 0. The molecule has 0 aliphatic rings. The number of anilines is 1.